The molecule has 2 spiro atoms. The zero-order chi connectivity index (χ0) is 40.9. The van der Waals surface area contributed by atoms with Crippen LogP contribution < -0.4 is 11.2 Å². The van der Waals surface area contributed by atoms with Crippen LogP contribution in [0.5, 0.6) is 0 Å². The molecule has 288 valence electrons. The van der Waals surface area contributed by atoms with Crippen molar-refractivity contribution in [2.24, 2.45) is 0 Å². The lowest BCUT2D eigenvalue weighted by molar-refractivity contribution is 0.788. The van der Waals surface area contributed by atoms with Crippen LogP contribution in [0.3, 0.4) is 0 Å². The highest BCUT2D eigenvalue weighted by Gasteiger charge is 2.54. The summed E-state index contributed by atoms with van der Waals surface area (Å²) < 4.78 is 3.24. The quantitative estimate of drug-likeness (QED) is 0.175. The third-order valence-electron chi connectivity index (χ3n) is 14.4. The molecule has 0 aliphatic heterocycles. The molecule has 4 heteroatoms. The van der Waals surface area contributed by atoms with Gasteiger partial charge in [-0.15, -0.1) is 0 Å². The van der Waals surface area contributed by atoms with Crippen molar-refractivity contribution in [1.29, 1.82) is 0 Å². The Morgan fingerprint density at radius 1 is 0.290 bits per heavy atom. The van der Waals surface area contributed by atoms with Gasteiger partial charge in [0.05, 0.1) is 33.1 Å². The molecule has 0 saturated heterocycles. The van der Waals surface area contributed by atoms with Crippen molar-refractivity contribution in [3.63, 3.8) is 0 Å². The van der Waals surface area contributed by atoms with Gasteiger partial charge in [0.1, 0.15) is 0 Å². The zero-order valence-corrected chi connectivity index (χ0v) is 33.3. The normalized spacial score (nSPS) is 14.5. The molecule has 4 aliphatic carbocycles. The largest absolute Gasteiger partial charge is 0.340 e. The molecule has 0 saturated carbocycles. The molecule has 0 atom stereocenters. The van der Waals surface area contributed by atoms with E-state index in [0.717, 1.165) is 44.6 Å². The number of fused-ring (bicyclic) bond motifs is 21. The molecular formula is C58H34N2O2. The van der Waals surface area contributed by atoms with E-state index in [-0.39, 0.29) is 5.56 Å². The maximum Gasteiger partial charge on any atom is 0.340 e. The molecule has 9 aromatic carbocycles. The molecule has 0 amide bonds. The molecule has 0 unspecified atom stereocenters. The summed E-state index contributed by atoms with van der Waals surface area (Å²) in [5.41, 5.74) is 18.1. The van der Waals surface area contributed by atoms with Gasteiger partial charge in [0.25, 0.3) is 5.56 Å². The fraction of sp³-hybridized carbons (Fsp3) is 0.0345. The van der Waals surface area contributed by atoms with Crippen molar-refractivity contribution in [1.82, 2.24) is 9.13 Å². The van der Waals surface area contributed by atoms with Gasteiger partial charge in [-0.05, 0) is 102 Å². The number of rotatable bonds is 2. The number of nitrogens with zero attached hydrogens (tertiary/aromatic N) is 2. The van der Waals surface area contributed by atoms with Gasteiger partial charge in [-0.3, -0.25) is 9.36 Å². The van der Waals surface area contributed by atoms with Gasteiger partial charge in [-0.25, -0.2) is 9.36 Å². The first-order valence-corrected chi connectivity index (χ1v) is 21.3. The minimum absolute atomic E-state index is 0.344. The summed E-state index contributed by atoms with van der Waals surface area (Å²) in [6.07, 6.45) is 0. The summed E-state index contributed by atoms with van der Waals surface area (Å²) in [5, 5.41) is 0.470. The van der Waals surface area contributed by atoms with Gasteiger partial charge in [-0.1, -0.05) is 182 Å². The van der Waals surface area contributed by atoms with Crippen molar-refractivity contribution in [3.8, 4) is 55.9 Å². The predicted molar refractivity (Wildman–Crippen MR) is 248 cm³/mol. The second-order valence-electron chi connectivity index (χ2n) is 16.9. The third kappa shape index (κ3) is 3.77. The van der Waals surface area contributed by atoms with Crippen LogP contribution in [-0.2, 0) is 10.8 Å². The maximum atomic E-state index is 16.0. The molecule has 0 radical (unpaired) electrons. The van der Waals surface area contributed by atoms with Gasteiger partial charge < -0.3 is 0 Å². The van der Waals surface area contributed by atoms with Gasteiger partial charge in [0.2, 0.25) is 0 Å². The lowest BCUT2D eigenvalue weighted by Gasteiger charge is -2.30. The average Bonchev–Trinajstić information content (AvgIpc) is 4.01. The SMILES string of the molecule is O=c1c2ccccc2n(-c2cccc3c2-c2ccccc2C32c3ccccc3-c3ccccc32)c(=O)n1-c1cccc2c1-c1ccccc1C21c2ccccc2-c2ccccc21. The monoisotopic (exact) mass is 790 g/mol. The molecule has 0 fully saturated rings. The van der Waals surface area contributed by atoms with Crippen molar-refractivity contribution in [2.75, 3.05) is 0 Å². The maximum absolute atomic E-state index is 16.0. The lowest BCUT2D eigenvalue weighted by Crippen LogP contribution is -2.39. The van der Waals surface area contributed by atoms with E-state index in [2.05, 4.69) is 170 Å². The highest BCUT2D eigenvalue weighted by molar-refractivity contribution is 6.00. The van der Waals surface area contributed by atoms with Crippen LogP contribution in [-0.4, -0.2) is 9.13 Å². The fourth-order valence-electron chi connectivity index (χ4n) is 12.3. The third-order valence-corrected chi connectivity index (χ3v) is 14.4. The van der Waals surface area contributed by atoms with Crippen molar-refractivity contribution in [2.45, 2.75) is 10.8 Å². The van der Waals surface area contributed by atoms with Crippen molar-refractivity contribution >= 4 is 10.9 Å². The Morgan fingerprint density at radius 3 is 1.05 bits per heavy atom. The van der Waals surface area contributed by atoms with Crippen molar-refractivity contribution in [3.05, 3.63) is 272 Å². The summed E-state index contributed by atoms with van der Waals surface area (Å²) in [6, 6.07) is 72.1. The number of hydrogen-bond acceptors (Lipinski definition) is 2. The summed E-state index contributed by atoms with van der Waals surface area (Å²) >= 11 is 0. The Balaban J connectivity index is 1.09. The van der Waals surface area contributed by atoms with Crippen LogP contribution in [0.25, 0.3) is 66.8 Å². The van der Waals surface area contributed by atoms with Crippen LogP contribution in [0.2, 0.25) is 0 Å². The topological polar surface area (TPSA) is 44.0 Å². The van der Waals surface area contributed by atoms with Crippen LogP contribution in [0.15, 0.2) is 216 Å². The average molecular weight is 791 g/mol. The molecule has 1 aromatic heterocycles. The predicted octanol–water partition coefficient (Wildman–Crippen LogP) is 11.8. The summed E-state index contributed by atoms with van der Waals surface area (Å²) in [6.45, 7) is 0. The van der Waals surface area contributed by atoms with Crippen LogP contribution in [0.1, 0.15) is 44.5 Å². The second-order valence-corrected chi connectivity index (χ2v) is 16.9. The Hall–Kier alpha value is -8.08. The Morgan fingerprint density at radius 2 is 0.613 bits per heavy atom. The van der Waals surface area contributed by atoms with Gasteiger partial charge in [0.15, 0.2) is 0 Å². The summed E-state index contributed by atoms with van der Waals surface area (Å²) in [4.78, 5) is 31.2. The van der Waals surface area contributed by atoms with E-state index in [1.165, 1.54) is 54.6 Å². The van der Waals surface area contributed by atoms with E-state index in [1.54, 1.807) is 4.57 Å². The molecule has 0 N–H and O–H groups in total. The highest BCUT2D eigenvalue weighted by Crippen LogP contribution is 2.65. The fourth-order valence-corrected chi connectivity index (χ4v) is 12.3. The second kappa shape index (κ2) is 11.8. The van der Waals surface area contributed by atoms with Crippen LogP contribution >= 0.6 is 0 Å². The summed E-state index contributed by atoms with van der Waals surface area (Å²) in [5.74, 6) is 0. The summed E-state index contributed by atoms with van der Waals surface area (Å²) in [7, 11) is 0. The van der Waals surface area contributed by atoms with E-state index in [9.17, 15) is 0 Å². The highest BCUT2D eigenvalue weighted by atomic mass is 16.2. The Labute approximate surface area is 356 Å². The van der Waals surface area contributed by atoms with Crippen LogP contribution in [0, 0.1) is 0 Å². The van der Waals surface area contributed by atoms with Crippen LogP contribution in [0.4, 0.5) is 0 Å². The van der Waals surface area contributed by atoms with Gasteiger partial charge >= 0.3 is 5.69 Å². The first-order chi connectivity index (χ1) is 30.6. The lowest BCUT2D eigenvalue weighted by atomic mass is 9.70. The molecule has 0 bridgehead atoms. The zero-order valence-electron chi connectivity index (χ0n) is 33.3. The number of para-hydroxylation sites is 1. The minimum atomic E-state index is -0.624. The van der Waals surface area contributed by atoms with Gasteiger partial charge in [0, 0.05) is 11.1 Å². The smallest absolute Gasteiger partial charge is 0.268 e. The van der Waals surface area contributed by atoms with Crippen molar-refractivity contribution < 1.29 is 0 Å². The molecule has 4 aliphatic rings. The minimum Gasteiger partial charge on any atom is -0.268 e. The molecule has 1 heterocycles. The first kappa shape index (κ1) is 33.7. The molecule has 62 heavy (non-hydrogen) atoms. The number of hydrogen-bond donors (Lipinski definition) is 0. The standard InChI is InChI=1S/C58H34N2O2/c61-55-41-23-7-14-32-50(41)59(51-33-15-30-48-53(51)39-21-5-12-28-46(39)57(48)42-24-8-1-17-35(42)36-18-2-9-25-43(36)57)56(62)60(55)52-34-16-31-49-54(52)40-22-6-13-29-47(40)58(49)44-26-10-3-19-37(44)38-20-4-11-27-45(38)58/h1-34H. The Bertz CT molecular complexity index is 3680. The van der Waals surface area contributed by atoms with E-state index in [1.807, 2.05) is 36.4 Å². The Kier molecular flexibility index (Phi) is 6.42. The van der Waals surface area contributed by atoms with E-state index < -0.39 is 16.5 Å². The van der Waals surface area contributed by atoms with E-state index in [4.69, 9.17) is 0 Å². The number of benzene rings is 9. The van der Waals surface area contributed by atoms with Gasteiger partial charge in [-0.2, -0.15) is 0 Å². The first-order valence-electron chi connectivity index (χ1n) is 21.3. The number of aromatic nitrogens is 2. The molecule has 10 aromatic rings. The molecule has 14 rings (SSSR count). The van der Waals surface area contributed by atoms with E-state index in [0.29, 0.717) is 16.6 Å². The van der Waals surface area contributed by atoms with E-state index >= 15 is 9.59 Å². The molecule has 4 nitrogen and oxygen atoms in total. The molecular weight excluding hydrogens is 757 g/mol.